The van der Waals surface area contributed by atoms with Crippen LogP contribution in [0.5, 0.6) is 0 Å². The molecule has 1 aliphatic heterocycles. The summed E-state index contributed by atoms with van der Waals surface area (Å²) in [4.78, 5) is 13.0. The normalized spacial score (nSPS) is 26.2. The minimum atomic E-state index is -1.23. The van der Waals surface area contributed by atoms with E-state index in [1.54, 1.807) is 0 Å². The Morgan fingerprint density at radius 1 is 1.44 bits per heavy atom. The third-order valence-electron chi connectivity index (χ3n) is 4.11. The number of piperidine rings is 1. The van der Waals surface area contributed by atoms with E-state index in [4.69, 9.17) is 5.11 Å². The molecule has 1 heterocycles. The molecule has 0 radical (unpaired) electrons. The maximum atomic E-state index is 13.8. The second kappa shape index (κ2) is 6.50. The molecule has 2 unspecified atom stereocenters. The van der Waals surface area contributed by atoms with Crippen molar-refractivity contribution < 1.29 is 14.3 Å². The molecule has 4 heteroatoms. The molecule has 0 amide bonds. The Morgan fingerprint density at radius 2 is 2.11 bits per heavy atom. The molecule has 1 aliphatic rings. The lowest BCUT2D eigenvalue weighted by atomic mass is 9.88. The van der Waals surface area contributed by atoms with Crippen molar-refractivity contribution >= 4 is 5.97 Å². The summed E-state index contributed by atoms with van der Waals surface area (Å²) in [6.07, 6.45) is 3.77. The van der Waals surface area contributed by atoms with E-state index in [1.165, 1.54) is 12.8 Å². The van der Waals surface area contributed by atoms with E-state index in [2.05, 4.69) is 25.7 Å². The highest BCUT2D eigenvalue weighted by Crippen LogP contribution is 2.29. The predicted molar refractivity (Wildman–Crippen MR) is 70.4 cm³/mol. The first-order chi connectivity index (χ1) is 8.38. The minimum Gasteiger partial charge on any atom is -0.481 e. The summed E-state index contributed by atoms with van der Waals surface area (Å²) in [5.41, 5.74) is -0.0248. The van der Waals surface area contributed by atoms with Crippen LogP contribution >= 0.6 is 0 Å². The average Bonchev–Trinajstić information content (AvgIpc) is 2.28. The van der Waals surface area contributed by atoms with E-state index >= 15 is 0 Å². The van der Waals surface area contributed by atoms with Crippen LogP contribution in [-0.2, 0) is 4.79 Å². The van der Waals surface area contributed by atoms with Gasteiger partial charge in [0.25, 0.3) is 0 Å². The molecule has 0 aromatic carbocycles. The third kappa shape index (κ3) is 3.94. The zero-order valence-electron chi connectivity index (χ0n) is 11.8. The maximum absolute atomic E-state index is 13.8. The molecular weight excluding hydrogens is 233 g/mol. The molecule has 106 valence electrons. The lowest BCUT2D eigenvalue weighted by molar-refractivity contribution is -0.147. The van der Waals surface area contributed by atoms with Gasteiger partial charge in [-0.05, 0) is 33.2 Å². The van der Waals surface area contributed by atoms with Crippen LogP contribution in [0, 0.1) is 5.92 Å². The smallest absolute Gasteiger partial charge is 0.309 e. The van der Waals surface area contributed by atoms with Crippen LogP contribution in [0.3, 0.4) is 0 Å². The summed E-state index contributed by atoms with van der Waals surface area (Å²) in [5.74, 6) is -1.81. The molecule has 0 aliphatic carbocycles. The molecule has 0 aromatic heterocycles. The summed E-state index contributed by atoms with van der Waals surface area (Å²) in [7, 11) is 0. The highest BCUT2D eigenvalue weighted by atomic mass is 19.1. The number of nitrogens with zero attached hydrogens (tertiary/aromatic N) is 1. The molecule has 3 nitrogen and oxygen atoms in total. The van der Waals surface area contributed by atoms with Gasteiger partial charge in [-0.15, -0.1) is 0 Å². The van der Waals surface area contributed by atoms with Crippen LogP contribution < -0.4 is 0 Å². The van der Waals surface area contributed by atoms with Gasteiger partial charge in [-0.25, -0.2) is 4.39 Å². The van der Waals surface area contributed by atoms with Crippen molar-refractivity contribution in [3.05, 3.63) is 0 Å². The van der Waals surface area contributed by atoms with Crippen molar-refractivity contribution in [1.29, 1.82) is 0 Å². The molecule has 0 spiro atoms. The van der Waals surface area contributed by atoms with Crippen molar-refractivity contribution in [2.24, 2.45) is 5.92 Å². The number of carboxylic acids is 1. The minimum absolute atomic E-state index is 0.0248. The van der Waals surface area contributed by atoms with E-state index < -0.39 is 18.1 Å². The second-order valence-electron chi connectivity index (χ2n) is 5.96. The van der Waals surface area contributed by atoms with Gasteiger partial charge in [-0.1, -0.05) is 26.2 Å². The Labute approximate surface area is 109 Å². The fourth-order valence-electron chi connectivity index (χ4n) is 2.70. The van der Waals surface area contributed by atoms with E-state index in [0.29, 0.717) is 13.0 Å². The molecule has 18 heavy (non-hydrogen) atoms. The molecule has 1 N–H and O–H groups in total. The third-order valence-corrected chi connectivity index (χ3v) is 4.11. The van der Waals surface area contributed by atoms with Gasteiger partial charge in [0.15, 0.2) is 0 Å². The number of rotatable bonds is 6. The molecule has 2 atom stereocenters. The number of carboxylic acid groups (broad SMARTS) is 1. The van der Waals surface area contributed by atoms with Gasteiger partial charge in [0, 0.05) is 12.1 Å². The Kier molecular flexibility index (Phi) is 5.57. The maximum Gasteiger partial charge on any atom is 0.309 e. The topological polar surface area (TPSA) is 40.5 Å². The number of alkyl halides is 1. The molecule has 0 aromatic rings. The van der Waals surface area contributed by atoms with E-state index in [0.717, 1.165) is 12.8 Å². The van der Waals surface area contributed by atoms with Crippen LogP contribution in [0.25, 0.3) is 0 Å². The average molecular weight is 259 g/mol. The van der Waals surface area contributed by atoms with Gasteiger partial charge in [-0.2, -0.15) is 0 Å². The van der Waals surface area contributed by atoms with E-state index in [9.17, 15) is 9.18 Å². The fourth-order valence-corrected chi connectivity index (χ4v) is 2.70. The van der Waals surface area contributed by atoms with Crippen LogP contribution in [0.15, 0.2) is 0 Å². The van der Waals surface area contributed by atoms with Gasteiger partial charge < -0.3 is 5.11 Å². The van der Waals surface area contributed by atoms with Crippen LogP contribution in [-0.4, -0.2) is 40.8 Å². The number of unbranched alkanes of at least 4 members (excludes halogenated alkanes) is 2. The zero-order valence-corrected chi connectivity index (χ0v) is 11.8. The highest BCUT2D eigenvalue weighted by molar-refractivity contribution is 5.70. The van der Waals surface area contributed by atoms with Crippen LogP contribution in [0.2, 0.25) is 0 Å². The summed E-state index contributed by atoms with van der Waals surface area (Å²) in [6, 6.07) is 0. The first-order valence-electron chi connectivity index (χ1n) is 7.00. The van der Waals surface area contributed by atoms with E-state index in [-0.39, 0.29) is 12.1 Å². The quantitative estimate of drug-likeness (QED) is 0.745. The Bertz CT molecular complexity index is 281. The van der Waals surface area contributed by atoms with Crippen molar-refractivity contribution in [2.75, 3.05) is 13.1 Å². The Balaban J connectivity index is 2.51. The summed E-state index contributed by atoms with van der Waals surface area (Å²) in [5, 5.41) is 8.91. The number of carbonyl (C=O) groups is 1. The van der Waals surface area contributed by atoms with Crippen molar-refractivity contribution in [3.63, 3.8) is 0 Å². The molecule has 1 saturated heterocycles. The Hall–Kier alpha value is -0.640. The summed E-state index contributed by atoms with van der Waals surface area (Å²) >= 11 is 0. The van der Waals surface area contributed by atoms with Crippen molar-refractivity contribution in [3.8, 4) is 0 Å². The van der Waals surface area contributed by atoms with Gasteiger partial charge in [0.2, 0.25) is 0 Å². The SMILES string of the molecule is CCCCCC(C)(C)N1CCC(C(=O)O)C(F)C1. The monoisotopic (exact) mass is 259 g/mol. The highest BCUT2D eigenvalue weighted by Gasteiger charge is 2.38. The van der Waals surface area contributed by atoms with Gasteiger partial charge >= 0.3 is 5.97 Å². The lowest BCUT2D eigenvalue weighted by Gasteiger charge is -2.43. The standard InChI is InChI=1S/C14H26FNO2/c1-4-5-6-8-14(2,3)16-9-7-11(13(17)18)12(15)10-16/h11-12H,4-10H2,1-3H3,(H,17,18). The second-order valence-corrected chi connectivity index (χ2v) is 5.96. The molecular formula is C14H26FNO2. The van der Waals surface area contributed by atoms with Crippen molar-refractivity contribution in [2.45, 2.75) is 64.6 Å². The van der Waals surface area contributed by atoms with Crippen LogP contribution in [0.4, 0.5) is 4.39 Å². The first-order valence-corrected chi connectivity index (χ1v) is 7.00. The summed E-state index contributed by atoms with van der Waals surface area (Å²) < 4.78 is 13.8. The first kappa shape index (κ1) is 15.4. The Morgan fingerprint density at radius 3 is 2.61 bits per heavy atom. The molecule has 1 rings (SSSR count). The molecule has 0 saturated carbocycles. The predicted octanol–water partition coefficient (Wildman–Crippen LogP) is 3.09. The van der Waals surface area contributed by atoms with Crippen LogP contribution in [0.1, 0.15) is 52.9 Å². The fraction of sp³-hybridized carbons (Fsp3) is 0.929. The van der Waals surface area contributed by atoms with Gasteiger partial charge in [0.1, 0.15) is 6.17 Å². The van der Waals surface area contributed by atoms with Crippen molar-refractivity contribution in [1.82, 2.24) is 4.90 Å². The largest absolute Gasteiger partial charge is 0.481 e. The van der Waals surface area contributed by atoms with E-state index in [1.807, 2.05) is 0 Å². The number of aliphatic carboxylic acids is 1. The molecule has 1 fully saturated rings. The van der Waals surface area contributed by atoms with Gasteiger partial charge in [0.05, 0.1) is 5.92 Å². The lowest BCUT2D eigenvalue weighted by Crippen LogP contribution is -2.53. The summed E-state index contributed by atoms with van der Waals surface area (Å²) in [6.45, 7) is 7.39. The number of halogens is 1. The number of hydrogen-bond donors (Lipinski definition) is 1. The zero-order chi connectivity index (χ0) is 13.8. The van der Waals surface area contributed by atoms with Gasteiger partial charge in [-0.3, -0.25) is 9.69 Å². The number of likely N-dealkylation sites (tertiary alicyclic amines) is 1. The number of hydrogen-bond acceptors (Lipinski definition) is 2. The molecule has 0 bridgehead atoms.